The Hall–Kier alpha value is -1.64. The lowest BCUT2D eigenvalue weighted by molar-refractivity contribution is -0.421. The molecule has 0 aromatic heterocycles. The molecule has 13 heavy (non-hydrogen) atoms. The molecule has 0 aliphatic rings. The second kappa shape index (κ2) is 3.85. The second-order valence-corrected chi connectivity index (χ2v) is 2.78. The monoisotopic (exact) mass is 177 g/mol. The van der Waals surface area contributed by atoms with Crippen molar-refractivity contribution < 1.29 is 9.53 Å². The maximum atomic E-state index is 11.5. The summed E-state index contributed by atoms with van der Waals surface area (Å²) < 4.78 is 0.579. The number of carbonyl (C=O) groups excluding carboxylic acids is 1. The molecule has 0 aliphatic heterocycles. The molecule has 0 spiro atoms. The zero-order valence-corrected chi connectivity index (χ0v) is 7.65. The summed E-state index contributed by atoms with van der Waals surface area (Å²) in [6.07, 6.45) is 0. The highest BCUT2D eigenvalue weighted by atomic mass is 16.5. The Morgan fingerprint density at radius 3 is 2.31 bits per heavy atom. The van der Waals surface area contributed by atoms with Crippen molar-refractivity contribution in [2.75, 3.05) is 7.05 Å². The van der Waals surface area contributed by atoms with Gasteiger partial charge in [0.25, 0.3) is 5.78 Å². The summed E-state index contributed by atoms with van der Waals surface area (Å²) in [5.41, 5.74) is 0.744. The third-order valence-corrected chi connectivity index (χ3v) is 1.84. The van der Waals surface area contributed by atoms with E-state index in [1.165, 1.54) is 14.0 Å². The molecule has 0 bridgehead atoms. The molecule has 1 aromatic carbocycles. The van der Waals surface area contributed by atoms with Crippen LogP contribution in [0.25, 0.3) is 0 Å². The first-order chi connectivity index (χ1) is 6.13. The number of carbonyl (C=O) groups is 1. The van der Waals surface area contributed by atoms with E-state index in [9.17, 15) is 10.0 Å². The van der Waals surface area contributed by atoms with Gasteiger partial charge in [-0.25, -0.2) is 4.74 Å². The Morgan fingerprint density at radius 2 is 1.85 bits per heavy atom. The van der Waals surface area contributed by atoms with Gasteiger partial charge in [-0.15, -0.1) is 0 Å². The van der Waals surface area contributed by atoms with Crippen LogP contribution in [0.15, 0.2) is 30.3 Å². The second-order valence-electron chi connectivity index (χ2n) is 2.78. The van der Waals surface area contributed by atoms with Crippen molar-refractivity contribution in [1.82, 2.24) is 0 Å². The first-order valence-electron chi connectivity index (χ1n) is 3.97. The van der Waals surface area contributed by atoms with Crippen LogP contribution in [0.5, 0.6) is 0 Å². The van der Waals surface area contributed by atoms with E-state index < -0.39 is 0 Å². The van der Waals surface area contributed by atoms with Crippen LogP contribution in [0.4, 0.5) is 0 Å². The molecule has 3 heteroatoms. The van der Waals surface area contributed by atoms with Crippen LogP contribution in [-0.4, -0.2) is 23.3 Å². The first kappa shape index (κ1) is 9.45. The van der Waals surface area contributed by atoms with Crippen molar-refractivity contribution in [2.24, 2.45) is 0 Å². The predicted octanol–water partition coefficient (Wildman–Crippen LogP) is 1.47. The van der Waals surface area contributed by atoms with E-state index in [-0.39, 0.29) is 11.5 Å². The summed E-state index contributed by atoms with van der Waals surface area (Å²) in [6, 6.07) is 8.74. The minimum Gasteiger partial charge on any atom is -0.624 e. The van der Waals surface area contributed by atoms with E-state index in [1.807, 2.05) is 6.07 Å². The molecule has 0 unspecified atom stereocenters. The van der Waals surface area contributed by atoms with Gasteiger partial charge in [0.05, 0.1) is 0 Å². The summed E-state index contributed by atoms with van der Waals surface area (Å²) in [5, 5.41) is 10.8. The summed E-state index contributed by atoms with van der Waals surface area (Å²) in [5.74, 6) is -0.224. The van der Waals surface area contributed by atoms with Gasteiger partial charge < -0.3 is 5.21 Å². The Morgan fingerprint density at radius 1 is 1.31 bits per heavy atom. The average molecular weight is 177 g/mol. The fourth-order valence-corrected chi connectivity index (χ4v) is 0.941. The predicted molar refractivity (Wildman–Crippen MR) is 51.0 cm³/mol. The molecule has 1 rings (SSSR count). The SMILES string of the molecule is C/C(C(=O)c1ccccc1)=[N+](/C)[O-]. The molecule has 0 amide bonds. The summed E-state index contributed by atoms with van der Waals surface area (Å²) >= 11 is 0. The van der Waals surface area contributed by atoms with Crippen molar-refractivity contribution in [3.05, 3.63) is 41.1 Å². The largest absolute Gasteiger partial charge is 0.624 e. The number of rotatable bonds is 2. The molecule has 0 heterocycles. The van der Waals surface area contributed by atoms with Crippen molar-refractivity contribution in [3.8, 4) is 0 Å². The van der Waals surface area contributed by atoms with Gasteiger partial charge in [0.15, 0.2) is 0 Å². The van der Waals surface area contributed by atoms with Gasteiger partial charge in [0.1, 0.15) is 7.05 Å². The van der Waals surface area contributed by atoms with E-state index >= 15 is 0 Å². The molecule has 0 fully saturated rings. The fourth-order valence-electron chi connectivity index (χ4n) is 0.941. The van der Waals surface area contributed by atoms with Gasteiger partial charge in [0.2, 0.25) is 5.71 Å². The van der Waals surface area contributed by atoms with E-state index in [1.54, 1.807) is 24.3 Å². The Bertz CT molecular complexity index is 337. The molecular weight excluding hydrogens is 166 g/mol. The highest BCUT2D eigenvalue weighted by molar-refractivity contribution is 6.43. The minimum absolute atomic E-state index is 0.200. The molecule has 0 saturated carbocycles. The van der Waals surface area contributed by atoms with Gasteiger partial charge in [0, 0.05) is 12.5 Å². The van der Waals surface area contributed by atoms with Crippen molar-refractivity contribution in [3.63, 3.8) is 0 Å². The van der Waals surface area contributed by atoms with Gasteiger partial charge in [-0.2, -0.15) is 0 Å². The minimum atomic E-state index is -0.224. The molecular formula is C10H11NO2. The van der Waals surface area contributed by atoms with Gasteiger partial charge in [-0.3, -0.25) is 4.79 Å². The lowest BCUT2D eigenvalue weighted by Gasteiger charge is -2.01. The molecule has 0 radical (unpaired) electrons. The number of Topliss-reactive ketones (excluding diaryl/α,β-unsaturated/α-hetero) is 1. The van der Waals surface area contributed by atoms with Crippen LogP contribution in [0.3, 0.4) is 0 Å². The molecule has 0 aliphatic carbocycles. The number of benzene rings is 1. The van der Waals surface area contributed by atoms with Crippen LogP contribution in [0.2, 0.25) is 0 Å². The summed E-state index contributed by atoms with van der Waals surface area (Å²) in [4.78, 5) is 11.5. The number of nitrogens with zero attached hydrogens (tertiary/aromatic N) is 1. The summed E-state index contributed by atoms with van der Waals surface area (Å²) in [7, 11) is 1.32. The lowest BCUT2D eigenvalue weighted by Crippen LogP contribution is -2.19. The molecule has 0 saturated heterocycles. The quantitative estimate of drug-likeness (QED) is 0.226. The maximum absolute atomic E-state index is 11.5. The highest BCUT2D eigenvalue weighted by Gasteiger charge is 2.13. The smallest absolute Gasteiger partial charge is 0.252 e. The zero-order valence-electron chi connectivity index (χ0n) is 7.65. The molecule has 68 valence electrons. The third-order valence-electron chi connectivity index (χ3n) is 1.84. The van der Waals surface area contributed by atoms with Crippen LogP contribution >= 0.6 is 0 Å². The molecule has 3 nitrogen and oxygen atoms in total. The number of hydrogen-bond acceptors (Lipinski definition) is 2. The van der Waals surface area contributed by atoms with Crippen molar-refractivity contribution in [1.29, 1.82) is 0 Å². The number of hydrogen-bond donors (Lipinski definition) is 0. The average Bonchev–Trinajstić information content (AvgIpc) is 2.17. The maximum Gasteiger partial charge on any atom is 0.252 e. The van der Waals surface area contributed by atoms with E-state index in [0.29, 0.717) is 10.3 Å². The normalized spacial score (nSPS) is 12.2. The highest BCUT2D eigenvalue weighted by Crippen LogP contribution is 2.00. The van der Waals surface area contributed by atoms with E-state index in [2.05, 4.69) is 0 Å². The van der Waals surface area contributed by atoms with Crippen LogP contribution in [-0.2, 0) is 0 Å². The van der Waals surface area contributed by atoms with Crippen LogP contribution in [0, 0.1) is 5.21 Å². The molecule has 0 atom stereocenters. The fraction of sp³-hybridized carbons (Fsp3) is 0.200. The van der Waals surface area contributed by atoms with Gasteiger partial charge in [-0.05, 0) is 0 Å². The topological polar surface area (TPSA) is 43.1 Å². The van der Waals surface area contributed by atoms with Crippen molar-refractivity contribution >= 4 is 11.5 Å². The lowest BCUT2D eigenvalue weighted by atomic mass is 10.1. The Kier molecular flexibility index (Phi) is 2.80. The van der Waals surface area contributed by atoms with E-state index in [0.717, 1.165) is 0 Å². The number of ketones is 1. The van der Waals surface area contributed by atoms with Crippen molar-refractivity contribution in [2.45, 2.75) is 6.92 Å². The number of hydroxylamine groups is 1. The Labute approximate surface area is 76.9 Å². The van der Waals surface area contributed by atoms with Crippen LogP contribution < -0.4 is 0 Å². The first-order valence-corrected chi connectivity index (χ1v) is 3.97. The standard InChI is InChI=1S/C10H11NO2/c1-8(11(2)13)10(12)9-6-4-3-5-7-9/h3-7H,1-2H3/b11-8+. The van der Waals surface area contributed by atoms with Gasteiger partial charge >= 0.3 is 0 Å². The third kappa shape index (κ3) is 2.15. The molecule has 1 aromatic rings. The molecule has 0 N–H and O–H groups in total. The Balaban J connectivity index is 3.00. The van der Waals surface area contributed by atoms with Gasteiger partial charge in [-0.1, -0.05) is 30.3 Å². The zero-order chi connectivity index (χ0) is 9.84. The van der Waals surface area contributed by atoms with E-state index in [4.69, 9.17) is 0 Å². The summed E-state index contributed by atoms with van der Waals surface area (Å²) in [6.45, 7) is 1.52. The van der Waals surface area contributed by atoms with Crippen LogP contribution in [0.1, 0.15) is 17.3 Å².